The van der Waals surface area contributed by atoms with Crippen LogP contribution >= 0.6 is 22.7 Å². The van der Waals surface area contributed by atoms with E-state index in [1.807, 2.05) is 6.07 Å². The van der Waals surface area contributed by atoms with Crippen LogP contribution in [0, 0.1) is 0 Å². The number of anilines is 1. The van der Waals surface area contributed by atoms with Crippen LogP contribution in [0.15, 0.2) is 52.8 Å². The van der Waals surface area contributed by atoms with Gasteiger partial charge in [0.25, 0.3) is 0 Å². The number of fused-ring (bicyclic) bond motifs is 1. The Bertz CT molecular complexity index is 1050. The summed E-state index contributed by atoms with van der Waals surface area (Å²) in [5.41, 5.74) is -0.570. The van der Waals surface area contributed by atoms with Crippen LogP contribution in [-0.4, -0.2) is 19.9 Å². The molecule has 0 aromatic carbocycles. The molecule has 24 heavy (non-hydrogen) atoms. The molecule has 8 heteroatoms. The van der Waals surface area contributed by atoms with E-state index in [4.69, 9.17) is 0 Å². The Morgan fingerprint density at radius 2 is 2.08 bits per heavy atom. The highest BCUT2D eigenvalue weighted by Crippen LogP contribution is 2.31. The number of thiophene rings is 2. The molecule has 0 bridgehead atoms. The maximum atomic E-state index is 11.8. The lowest BCUT2D eigenvalue weighted by Crippen LogP contribution is -2.23. The van der Waals surface area contributed by atoms with Gasteiger partial charge in [-0.15, -0.1) is 27.4 Å². The molecule has 0 aliphatic rings. The second-order valence-corrected chi connectivity index (χ2v) is 7.14. The van der Waals surface area contributed by atoms with Crippen molar-refractivity contribution in [2.75, 3.05) is 5.32 Å². The van der Waals surface area contributed by atoms with E-state index in [2.05, 4.69) is 38.9 Å². The zero-order chi connectivity index (χ0) is 16.5. The van der Waals surface area contributed by atoms with Gasteiger partial charge >= 0.3 is 5.69 Å². The summed E-state index contributed by atoms with van der Waals surface area (Å²) in [4.78, 5) is 23.3. The van der Waals surface area contributed by atoms with Gasteiger partial charge in [-0.05, 0) is 35.7 Å². The number of hydrogen-bond donors (Lipinski definition) is 2. The lowest BCUT2D eigenvalue weighted by molar-refractivity contribution is 0.182. The van der Waals surface area contributed by atoms with Gasteiger partial charge in [0.05, 0.1) is 11.9 Å². The second kappa shape index (κ2) is 6.06. The van der Waals surface area contributed by atoms with Crippen LogP contribution in [0.1, 0.15) is 4.88 Å². The second-order valence-electron chi connectivity index (χ2n) is 5.03. The minimum atomic E-state index is -0.755. The van der Waals surface area contributed by atoms with Crippen molar-refractivity contribution in [3.63, 3.8) is 0 Å². The van der Waals surface area contributed by atoms with Gasteiger partial charge in [0.15, 0.2) is 5.65 Å². The molecule has 6 nitrogen and oxygen atoms in total. The van der Waals surface area contributed by atoms with Gasteiger partial charge < -0.3 is 10.5 Å². The zero-order valence-electron chi connectivity index (χ0n) is 12.3. The van der Waals surface area contributed by atoms with E-state index < -0.39 is 5.69 Å². The predicted molar refractivity (Wildman–Crippen MR) is 95.9 cm³/mol. The van der Waals surface area contributed by atoms with Crippen molar-refractivity contribution in [1.82, 2.24) is 14.7 Å². The number of nitrogens with one attached hydrogen (secondary N) is 1. The molecule has 0 saturated heterocycles. The molecule has 4 rings (SSSR count). The molecule has 4 heterocycles. The molecule has 2 N–H and O–H groups in total. The molecule has 0 unspecified atom stereocenters. The molecule has 120 valence electrons. The Kier molecular flexibility index (Phi) is 3.75. The Morgan fingerprint density at radius 1 is 1.17 bits per heavy atom. The van der Waals surface area contributed by atoms with Crippen LogP contribution < -0.4 is 11.0 Å². The molecule has 4 aromatic heterocycles. The van der Waals surface area contributed by atoms with Crippen LogP contribution in [0.2, 0.25) is 0 Å². The van der Waals surface area contributed by atoms with Gasteiger partial charge in [0.2, 0.25) is 0 Å². The van der Waals surface area contributed by atoms with Gasteiger partial charge in [-0.3, -0.25) is 0 Å². The summed E-state index contributed by atoms with van der Waals surface area (Å²) in [6.45, 7) is 0.544. The Hall–Kier alpha value is -2.71. The highest BCUT2D eigenvalue weighted by molar-refractivity contribution is 7.21. The third-order valence-electron chi connectivity index (χ3n) is 3.49. The molecule has 0 amide bonds. The first-order chi connectivity index (χ1) is 11.7. The standard InChI is InChI=1S/C16H12N4O2S2/c21-16-19-14(11-3-1-7-17-15(11)20(16)22)18-9-10-5-6-13(24-10)12-4-2-8-23-12/h1-8,22H,9H2,(H,18,19,21). The van der Waals surface area contributed by atoms with Crippen molar-refractivity contribution in [3.05, 3.63) is 63.3 Å². The topological polar surface area (TPSA) is 80.0 Å². The lowest BCUT2D eigenvalue weighted by Gasteiger charge is -2.08. The fourth-order valence-corrected chi connectivity index (χ4v) is 4.16. The van der Waals surface area contributed by atoms with Crippen molar-refractivity contribution in [2.24, 2.45) is 0 Å². The quantitative estimate of drug-likeness (QED) is 0.548. The minimum absolute atomic E-state index is 0.186. The molecular weight excluding hydrogens is 344 g/mol. The Balaban J connectivity index is 1.62. The first-order valence-corrected chi connectivity index (χ1v) is 8.85. The average molecular weight is 356 g/mol. The number of pyridine rings is 1. The van der Waals surface area contributed by atoms with E-state index in [1.165, 1.54) is 16.0 Å². The molecule has 0 fully saturated rings. The fraction of sp³-hybridized carbons (Fsp3) is 0.0625. The van der Waals surface area contributed by atoms with Crippen LogP contribution in [0.25, 0.3) is 20.8 Å². The van der Waals surface area contributed by atoms with Crippen LogP contribution in [-0.2, 0) is 6.54 Å². The number of nitrogens with zero attached hydrogens (tertiary/aromatic N) is 3. The SMILES string of the molecule is O=c1nc(NCc2ccc(-c3cccs3)s2)c2cccnc2n1O. The smallest absolute Gasteiger partial charge is 0.384 e. The molecule has 0 spiro atoms. The minimum Gasteiger partial charge on any atom is -0.422 e. The van der Waals surface area contributed by atoms with Crippen molar-refractivity contribution in [2.45, 2.75) is 6.54 Å². The number of aromatic nitrogens is 3. The van der Waals surface area contributed by atoms with Crippen LogP contribution in [0.4, 0.5) is 5.82 Å². The zero-order valence-corrected chi connectivity index (χ0v) is 14.0. The highest BCUT2D eigenvalue weighted by Gasteiger charge is 2.11. The van der Waals surface area contributed by atoms with Crippen molar-refractivity contribution in [1.29, 1.82) is 0 Å². The summed E-state index contributed by atoms with van der Waals surface area (Å²) in [6, 6.07) is 11.8. The summed E-state index contributed by atoms with van der Waals surface area (Å²) >= 11 is 3.40. The fourth-order valence-electron chi connectivity index (χ4n) is 2.37. The molecule has 0 atom stereocenters. The number of hydrogen-bond acceptors (Lipinski definition) is 7. The van der Waals surface area contributed by atoms with Gasteiger partial charge in [-0.25, -0.2) is 9.78 Å². The third kappa shape index (κ3) is 2.66. The number of rotatable bonds is 4. The summed E-state index contributed by atoms with van der Waals surface area (Å²) < 4.78 is 0.459. The van der Waals surface area contributed by atoms with Gasteiger partial charge in [0, 0.05) is 20.8 Å². The van der Waals surface area contributed by atoms with E-state index >= 15 is 0 Å². The van der Waals surface area contributed by atoms with E-state index in [0.717, 1.165) is 4.88 Å². The van der Waals surface area contributed by atoms with Crippen molar-refractivity contribution < 1.29 is 5.21 Å². The molecule has 0 aliphatic carbocycles. The van der Waals surface area contributed by atoms with Crippen LogP contribution in [0.5, 0.6) is 0 Å². The normalized spacial score (nSPS) is 11.0. The third-order valence-corrected chi connectivity index (χ3v) is 5.64. The summed E-state index contributed by atoms with van der Waals surface area (Å²) in [5.74, 6) is 0.416. The summed E-state index contributed by atoms with van der Waals surface area (Å²) in [5, 5.41) is 15.5. The molecule has 4 aromatic rings. The molecule has 0 radical (unpaired) electrons. The lowest BCUT2D eigenvalue weighted by atomic mass is 10.3. The average Bonchev–Trinajstić information content (AvgIpc) is 3.28. The predicted octanol–water partition coefficient (Wildman–Crippen LogP) is 3.43. The molecule has 0 saturated carbocycles. The largest absolute Gasteiger partial charge is 0.422 e. The van der Waals surface area contributed by atoms with E-state index in [0.29, 0.717) is 22.5 Å². The first kappa shape index (κ1) is 14.9. The summed E-state index contributed by atoms with van der Waals surface area (Å²) in [6.07, 6.45) is 1.52. The highest BCUT2D eigenvalue weighted by atomic mass is 32.1. The molecular formula is C16H12N4O2S2. The maximum absolute atomic E-state index is 11.8. The van der Waals surface area contributed by atoms with Crippen molar-refractivity contribution in [3.8, 4) is 9.75 Å². The Labute approximate surface area is 144 Å². The van der Waals surface area contributed by atoms with E-state index in [1.54, 1.807) is 34.8 Å². The van der Waals surface area contributed by atoms with E-state index in [9.17, 15) is 10.0 Å². The Morgan fingerprint density at radius 3 is 2.92 bits per heavy atom. The maximum Gasteiger partial charge on any atom is 0.384 e. The van der Waals surface area contributed by atoms with Crippen LogP contribution in [0.3, 0.4) is 0 Å². The first-order valence-electron chi connectivity index (χ1n) is 7.16. The van der Waals surface area contributed by atoms with Gasteiger partial charge in [-0.1, -0.05) is 6.07 Å². The van der Waals surface area contributed by atoms with Crippen molar-refractivity contribution >= 4 is 39.5 Å². The van der Waals surface area contributed by atoms with Gasteiger partial charge in [-0.2, -0.15) is 4.98 Å². The summed E-state index contributed by atoms with van der Waals surface area (Å²) in [7, 11) is 0. The van der Waals surface area contributed by atoms with Gasteiger partial charge in [0.1, 0.15) is 5.82 Å². The monoisotopic (exact) mass is 356 g/mol. The van der Waals surface area contributed by atoms with E-state index in [-0.39, 0.29) is 5.65 Å². The molecule has 0 aliphatic heterocycles.